The summed E-state index contributed by atoms with van der Waals surface area (Å²) in [5, 5.41) is 10.1. The van der Waals surface area contributed by atoms with Crippen molar-refractivity contribution in [3.05, 3.63) is 15.6 Å². The van der Waals surface area contributed by atoms with Gasteiger partial charge in [-0.1, -0.05) is 13.8 Å². The van der Waals surface area contributed by atoms with E-state index in [1.807, 2.05) is 6.92 Å². The number of aromatic nitrogens is 1. The van der Waals surface area contributed by atoms with Gasteiger partial charge in [-0.25, -0.2) is 9.78 Å². The van der Waals surface area contributed by atoms with Crippen molar-refractivity contribution in [2.24, 2.45) is 5.92 Å². The molecular weight excluding hydrogens is 248 g/mol. The zero-order chi connectivity index (χ0) is 13.1. The molecule has 4 nitrogen and oxygen atoms in total. The van der Waals surface area contributed by atoms with Gasteiger partial charge in [0.25, 0.3) is 0 Å². The van der Waals surface area contributed by atoms with Gasteiger partial charge in [0.05, 0.1) is 12.2 Å². The number of rotatable bonds is 4. The van der Waals surface area contributed by atoms with Gasteiger partial charge in [-0.2, -0.15) is 0 Å². The minimum atomic E-state index is -0.845. The van der Waals surface area contributed by atoms with E-state index in [0.29, 0.717) is 11.3 Å². The van der Waals surface area contributed by atoms with Crippen LogP contribution in [0.25, 0.3) is 0 Å². The van der Waals surface area contributed by atoms with Gasteiger partial charge in [-0.05, 0) is 31.7 Å². The fourth-order valence-corrected chi connectivity index (χ4v) is 3.53. The first-order chi connectivity index (χ1) is 8.60. The standard InChI is InChI=1S/C13H20N2O2S/c1-3-10-12(13(16)17)18-11(14-10)8-15-6-4-5-9(2)7-15/h9H,3-8H2,1-2H3,(H,16,17). The smallest absolute Gasteiger partial charge is 0.347 e. The van der Waals surface area contributed by atoms with Gasteiger partial charge in [0.2, 0.25) is 0 Å². The summed E-state index contributed by atoms with van der Waals surface area (Å²) in [5.74, 6) is -0.106. The molecule has 2 heterocycles. The van der Waals surface area contributed by atoms with Crippen molar-refractivity contribution < 1.29 is 9.90 Å². The van der Waals surface area contributed by atoms with Crippen LogP contribution < -0.4 is 0 Å². The van der Waals surface area contributed by atoms with E-state index in [2.05, 4.69) is 16.8 Å². The molecule has 0 saturated carbocycles. The van der Waals surface area contributed by atoms with Gasteiger partial charge >= 0.3 is 5.97 Å². The van der Waals surface area contributed by atoms with Crippen molar-refractivity contribution in [2.45, 2.75) is 39.7 Å². The molecule has 1 aromatic rings. The molecule has 1 saturated heterocycles. The number of carbonyl (C=O) groups is 1. The molecule has 0 aromatic carbocycles. The molecule has 5 heteroatoms. The summed E-state index contributed by atoms with van der Waals surface area (Å²) in [6.45, 7) is 7.23. The fourth-order valence-electron chi connectivity index (χ4n) is 2.50. The van der Waals surface area contributed by atoms with Crippen LogP contribution in [0.4, 0.5) is 0 Å². The monoisotopic (exact) mass is 268 g/mol. The average Bonchev–Trinajstić information content (AvgIpc) is 2.72. The molecule has 1 N–H and O–H groups in total. The van der Waals surface area contributed by atoms with Crippen LogP contribution in [0.15, 0.2) is 0 Å². The third-order valence-electron chi connectivity index (χ3n) is 3.37. The molecule has 1 unspecified atom stereocenters. The third kappa shape index (κ3) is 3.09. The number of thiazole rings is 1. The Bertz CT molecular complexity index is 431. The molecule has 0 spiro atoms. The van der Waals surface area contributed by atoms with Crippen LogP contribution in [0.5, 0.6) is 0 Å². The summed E-state index contributed by atoms with van der Waals surface area (Å²) in [5.41, 5.74) is 0.729. The van der Waals surface area contributed by atoms with Crippen LogP contribution in [0.1, 0.15) is 47.1 Å². The number of hydrogen-bond donors (Lipinski definition) is 1. The van der Waals surface area contributed by atoms with Crippen LogP contribution in [0, 0.1) is 5.92 Å². The summed E-state index contributed by atoms with van der Waals surface area (Å²) >= 11 is 1.33. The lowest BCUT2D eigenvalue weighted by Crippen LogP contribution is -2.33. The molecule has 0 amide bonds. The topological polar surface area (TPSA) is 53.4 Å². The maximum atomic E-state index is 11.1. The molecule has 2 rings (SSSR count). The number of nitrogens with zero attached hydrogens (tertiary/aromatic N) is 2. The molecule has 0 aliphatic carbocycles. The summed E-state index contributed by atoms with van der Waals surface area (Å²) in [6.07, 6.45) is 3.22. The van der Waals surface area contributed by atoms with E-state index in [1.54, 1.807) is 0 Å². The van der Waals surface area contributed by atoms with Crippen molar-refractivity contribution in [3.8, 4) is 0 Å². The number of carboxylic acids is 1. The number of likely N-dealkylation sites (tertiary alicyclic amines) is 1. The number of hydrogen-bond acceptors (Lipinski definition) is 4. The van der Waals surface area contributed by atoms with Crippen molar-refractivity contribution in [1.82, 2.24) is 9.88 Å². The zero-order valence-electron chi connectivity index (χ0n) is 11.0. The van der Waals surface area contributed by atoms with Crippen molar-refractivity contribution in [1.29, 1.82) is 0 Å². The second-order valence-corrected chi connectivity index (χ2v) is 6.11. The predicted octanol–water partition coefficient (Wildman–Crippen LogP) is 2.64. The fraction of sp³-hybridized carbons (Fsp3) is 0.692. The van der Waals surface area contributed by atoms with Gasteiger partial charge < -0.3 is 5.11 Å². The average molecular weight is 268 g/mol. The largest absolute Gasteiger partial charge is 0.477 e. The van der Waals surface area contributed by atoms with Gasteiger partial charge in [0.15, 0.2) is 0 Å². The first-order valence-corrected chi connectivity index (χ1v) is 7.36. The quantitative estimate of drug-likeness (QED) is 0.912. The number of piperidine rings is 1. The van der Waals surface area contributed by atoms with E-state index in [0.717, 1.165) is 36.3 Å². The summed E-state index contributed by atoms with van der Waals surface area (Å²) in [6, 6.07) is 0. The van der Waals surface area contributed by atoms with E-state index in [1.165, 1.54) is 24.2 Å². The molecule has 1 aromatic heterocycles. The Morgan fingerprint density at radius 2 is 2.39 bits per heavy atom. The highest BCUT2D eigenvalue weighted by atomic mass is 32.1. The minimum absolute atomic E-state index is 0.414. The highest BCUT2D eigenvalue weighted by Gasteiger charge is 2.20. The Morgan fingerprint density at radius 3 is 2.94 bits per heavy atom. The molecular formula is C13H20N2O2S. The lowest BCUT2D eigenvalue weighted by Gasteiger charge is -2.29. The maximum absolute atomic E-state index is 11.1. The second kappa shape index (κ2) is 5.80. The Balaban J connectivity index is 2.07. The van der Waals surface area contributed by atoms with E-state index in [-0.39, 0.29) is 0 Å². The zero-order valence-corrected chi connectivity index (χ0v) is 11.8. The van der Waals surface area contributed by atoms with E-state index in [9.17, 15) is 4.79 Å². The van der Waals surface area contributed by atoms with Crippen LogP contribution in [-0.4, -0.2) is 34.0 Å². The Kier molecular flexibility index (Phi) is 4.35. The lowest BCUT2D eigenvalue weighted by molar-refractivity contribution is 0.0701. The molecule has 0 bridgehead atoms. The summed E-state index contributed by atoms with van der Waals surface area (Å²) in [7, 11) is 0. The van der Waals surface area contributed by atoms with Crippen molar-refractivity contribution >= 4 is 17.3 Å². The first kappa shape index (κ1) is 13.5. The minimum Gasteiger partial charge on any atom is -0.477 e. The molecule has 1 aliphatic rings. The second-order valence-electron chi connectivity index (χ2n) is 5.02. The Labute approximate surface area is 112 Å². The van der Waals surface area contributed by atoms with E-state index >= 15 is 0 Å². The van der Waals surface area contributed by atoms with Gasteiger partial charge in [-0.3, -0.25) is 4.90 Å². The molecule has 18 heavy (non-hydrogen) atoms. The van der Waals surface area contributed by atoms with Gasteiger partial charge in [0, 0.05) is 6.54 Å². The lowest BCUT2D eigenvalue weighted by atomic mass is 10.0. The molecule has 1 fully saturated rings. The van der Waals surface area contributed by atoms with E-state index in [4.69, 9.17) is 5.11 Å². The van der Waals surface area contributed by atoms with Crippen molar-refractivity contribution in [2.75, 3.05) is 13.1 Å². The Morgan fingerprint density at radius 1 is 1.61 bits per heavy atom. The first-order valence-electron chi connectivity index (χ1n) is 6.54. The maximum Gasteiger partial charge on any atom is 0.347 e. The number of aromatic carboxylic acids is 1. The molecule has 0 radical (unpaired) electrons. The number of aryl methyl sites for hydroxylation is 1. The van der Waals surface area contributed by atoms with E-state index < -0.39 is 5.97 Å². The Hall–Kier alpha value is -0.940. The molecule has 100 valence electrons. The predicted molar refractivity (Wildman–Crippen MR) is 72.1 cm³/mol. The van der Waals surface area contributed by atoms with Crippen molar-refractivity contribution in [3.63, 3.8) is 0 Å². The number of carboxylic acid groups (broad SMARTS) is 1. The third-order valence-corrected chi connectivity index (χ3v) is 4.44. The normalized spacial score (nSPS) is 21.1. The van der Waals surface area contributed by atoms with Crippen LogP contribution >= 0.6 is 11.3 Å². The SMILES string of the molecule is CCc1nc(CN2CCCC(C)C2)sc1C(=O)O. The summed E-state index contributed by atoms with van der Waals surface area (Å²) in [4.78, 5) is 18.4. The molecule has 1 atom stereocenters. The van der Waals surface area contributed by atoms with Gasteiger partial charge in [-0.15, -0.1) is 11.3 Å². The van der Waals surface area contributed by atoms with Gasteiger partial charge in [0.1, 0.15) is 9.88 Å². The molecule has 1 aliphatic heterocycles. The highest BCUT2D eigenvalue weighted by molar-refractivity contribution is 7.13. The summed E-state index contributed by atoms with van der Waals surface area (Å²) < 4.78 is 0. The van der Waals surface area contributed by atoms with Crippen LogP contribution in [0.2, 0.25) is 0 Å². The van der Waals surface area contributed by atoms with Crippen LogP contribution in [0.3, 0.4) is 0 Å². The highest BCUT2D eigenvalue weighted by Crippen LogP contribution is 2.23. The van der Waals surface area contributed by atoms with Crippen LogP contribution in [-0.2, 0) is 13.0 Å².